The number of methoxy groups -OCH3 is 1. The lowest BCUT2D eigenvalue weighted by atomic mass is 10.1. The van der Waals surface area contributed by atoms with Crippen LogP contribution in [0.15, 0.2) is 18.2 Å². The van der Waals surface area contributed by atoms with Gasteiger partial charge < -0.3 is 29.7 Å². The third kappa shape index (κ3) is 5.24. The molecule has 0 aromatic heterocycles. The lowest BCUT2D eigenvalue weighted by molar-refractivity contribution is -0.132. The van der Waals surface area contributed by atoms with E-state index in [-0.39, 0.29) is 24.2 Å². The minimum absolute atomic E-state index is 0. The first-order valence-electron chi connectivity index (χ1n) is 8.89. The number of rotatable bonds is 8. The van der Waals surface area contributed by atoms with Gasteiger partial charge in [0.2, 0.25) is 11.8 Å². The second-order valence-corrected chi connectivity index (χ2v) is 6.19. The van der Waals surface area contributed by atoms with Crippen LogP contribution in [-0.4, -0.2) is 64.9 Å². The van der Waals surface area contributed by atoms with E-state index < -0.39 is 5.92 Å². The van der Waals surface area contributed by atoms with Crippen LogP contribution in [0, 0.1) is 5.92 Å². The standard InChI is InChI=1S/C18H25N3O5.ClH/c1-24-9-7-19-5-6-20-17(22)14-4-8-21(18(14)23)13-2-3-15-16(12-13)26-11-10-25-15;/h2-3,12,14,19H,4-11H2,1H3,(H,20,22);1H. The summed E-state index contributed by atoms with van der Waals surface area (Å²) in [5.74, 6) is 0.288. The van der Waals surface area contributed by atoms with E-state index in [4.69, 9.17) is 14.2 Å². The SMILES string of the molecule is COCCNCCNC(=O)C1CCN(c2ccc3c(c2)OCCO3)C1=O.Cl. The van der Waals surface area contributed by atoms with Crippen LogP contribution in [0.5, 0.6) is 11.5 Å². The molecule has 8 nitrogen and oxygen atoms in total. The van der Waals surface area contributed by atoms with Crippen LogP contribution in [0.3, 0.4) is 0 Å². The van der Waals surface area contributed by atoms with Crippen molar-refractivity contribution in [2.24, 2.45) is 5.92 Å². The monoisotopic (exact) mass is 399 g/mol. The molecule has 0 aliphatic carbocycles. The Morgan fingerprint density at radius 1 is 1.22 bits per heavy atom. The van der Waals surface area contributed by atoms with Gasteiger partial charge >= 0.3 is 0 Å². The van der Waals surface area contributed by atoms with Crippen LogP contribution in [0.2, 0.25) is 0 Å². The zero-order valence-corrected chi connectivity index (χ0v) is 16.2. The maximum absolute atomic E-state index is 12.7. The Morgan fingerprint density at radius 2 is 2.00 bits per heavy atom. The van der Waals surface area contributed by atoms with Gasteiger partial charge in [-0.1, -0.05) is 0 Å². The molecule has 2 aliphatic heterocycles. The van der Waals surface area contributed by atoms with E-state index in [0.29, 0.717) is 57.4 Å². The summed E-state index contributed by atoms with van der Waals surface area (Å²) < 4.78 is 16.0. The predicted octanol–water partition coefficient (Wildman–Crippen LogP) is 0.585. The van der Waals surface area contributed by atoms with E-state index in [1.165, 1.54) is 0 Å². The van der Waals surface area contributed by atoms with Crippen LogP contribution >= 0.6 is 12.4 Å². The van der Waals surface area contributed by atoms with Gasteiger partial charge in [0, 0.05) is 45.0 Å². The van der Waals surface area contributed by atoms with Crippen molar-refractivity contribution in [3.63, 3.8) is 0 Å². The molecule has 2 heterocycles. The lowest BCUT2D eigenvalue weighted by Crippen LogP contribution is -2.39. The molecule has 2 aliphatic rings. The molecule has 150 valence electrons. The average molecular weight is 400 g/mol. The molecule has 0 bridgehead atoms. The summed E-state index contributed by atoms with van der Waals surface area (Å²) >= 11 is 0. The normalized spacial score (nSPS) is 18.2. The Hall–Kier alpha value is -2.03. The minimum atomic E-state index is -0.637. The van der Waals surface area contributed by atoms with Crippen LogP contribution in [0.4, 0.5) is 5.69 Å². The number of nitrogens with one attached hydrogen (secondary N) is 2. The largest absolute Gasteiger partial charge is 0.486 e. The van der Waals surface area contributed by atoms with Crippen LogP contribution in [0.25, 0.3) is 0 Å². The highest BCUT2D eigenvalue weighted by Crippen LogP contribution is 2.35. The summed E-state index contributed by atoms with van der Waals surface area (Å²) in [6.07, 6.45) is 0.510. The minimum Gasteiger partial charge on any atom is -0.486 e. The molecule has 1 atom stereocenters. The first-order chi connectivity index (χ1) is 12.7. The Labute approximate surface area is 164 Å². The predicted molar refractivity (Wildman–Crippen MR) is 103 cm³/mol. The molecule has 0 radical (unpaired) electrons. The van der Waals surface area contributed by atoms with E-state index in [1.807, 2.05) is 6.07 Å². The number of ether oxygens (including phenoxy) is 3. The van der Waals surface area contributed by atoms with Crippen molar-refractivity contribution in [3.8, 4) is 11.5 Å². The van der Waals surface area contributed by atoms with Crippen molar-refractivity contribution in [1.29, 1.82) is 0 Å². The summed E-state index contributed by atoms with van der Waals surface area (Å²) in [5, 5.41) is 5.97. The second-order valence-electron chi connectivity index (χ2n) is 6.19. The molecule has 1 fully saturated rings. The Kier molecular flexibility index (Phi) is 8.15. The average Bonchev–Trinajstić information content (AvgIpc) is 3.05. The molecule has 27 heavy (non-hydrogen) atoms. The van der Waals surface area contributed by atoms with E-state index in [2.05, 4.69) is 10.6 Å². The molecule has 1 aromatic rings. The fourth-order valence-corrected chi connectivity index (χ4v) is 3.08. The highest BCUT2D eigenvalue weighted by atomic mass is 35.5. The summed E-state index contributed by atoms with van der Waals surface area (Å²) in [5.41, 5.74) is 0.732. The Balaban J connectivity index is 0.00000261. The van der Waals surface area contributed by atoms with Gasteiger partial charge in [0.05, 0.1) is 6.61 Å². The lowest BCUT2D eigenvalue weighted by Gasteiger charge is -2.22. The van der Waals surface area contributed by atoms with Gasteiger partial charge in [-0.05, 0) is 18.6 Å². The Morgan fingerprint density at radius 3 is 2.78 bits per heavy atom. The molecule has 1 saturated heterocycles. The quantitative estimate of drug-likeness (QED) is 0.491. The zero-order valence-electron chi connectivity index (χ0n) is 15.4. The molecule has 0 saturated carbocycles. The highest BCUT2D eigenvalue weighted by molar-refractivity contribution is 6.09. The molecule has 2 amide bonds. The number of hydrogen-bond donors (Lipinski definition) is 2. The van der Waals surface area contributed by atoms with Crippen LogP contribution in [0.1, 0.15) is 6.42 Å². The van der Waals surface area contributed by atoms with Crippen molar-refractivity contribution in [2.45, 2.75) is 6.42 Å². The zero-order chi connectivity index (χ0) is 18.4. The molecular formula is C18H26ClN3O5. The molecule has 0 spiro atoms. The maximum atomic E-state index is 12.7. The number of nitrogens with zero attached hydrogens (tertiary/aromatic N) is 1. The third-order valence-electron chi connectivity index (χ3n) is 4.44. The first kappa shape index (κ1) is 21.3. The van der Waals surface area contributed by atoms with Crippen molar-refractivity contribution in [1.82, 2.24) is 10.6 Å². The third-order valence-corrected chi connectivity index (χ3v) is 4.44. The molecule has 3 rings (SSSR count). The van der Waals surface area contributed by atoms with Gasteiger partial charge in [-0.2, -0.15) is 0 Å². The van der Waals surface area contributed by atoms with E-state index in [9.17, 15) is 9.59 Å². The number of amides is 2. The van der Waals surface area contributed by atoms with Crippen molar-refractivity contribution >= 4 is 29.9 Å². The highest BCUT2D eigenvalue weighted by Gasteiger charge is 2.37. The number of anilines is 1. The fraction of sp³-hybridized carbons (Fsp3) is 0.556. The number of halogens is 1. The number of fused-ring (bicyclic) bond motifs is 1. The summed E-state index contributed by atoms with van der Waals surface area (Å²) in [6, 6.07) is 5.42. The molecule has 2 N–H and O–H groups in total. The number of carbonyl (C=O) groups is 2. The van der Waals surface area contributed by atoms with E-state index in [1.54, 1.807) is 24.1 Å². The van der Waals surface area contributed by atoms with Crippen LogP contribution < -0.4 is 25.0 Å². The van der Waals surface area contributed by atoms with Gasteiger partial charge in [0.25, 0.3) is 0 Å². The molecule has 1 aromatic carbocycles. The smallest absolute Gasteiger partial charge is 0.239 e. The first-order valence-corrected chi connectivity index (χ1v) is 8.89. The van der Waals surface area contributed by atoms with Crippen molar-refractivity contribution in [2.75, 3.05) is 58.0 Å². The number of benzene rings is 1. The number of carbonyl (C=O) groups excluding carboxylic acids is 2. The van der Waals surface area contributed by atoms with Crippen LogP contribution in [-0.2, 0) is 14.3 Å². The van der Waals surface area contributed by atoms with Gasteiger partial charge in [0.1, 0.15) is 19.1 Å². The van der Waals surface area contributed by atoms with Crippen molar-refractivity contribution < 1.29 is 23.8 Å². The van der Waals surface area contributed by atoms with Gasteiger partial charge in [-0.3, -0.25) is 9.59 Å². The van der Waals surface area contributed by atoms with Gasteiger partial charge in [0.15, 0.2) is 11.5 Å². The number of hydrogen-bond acceptors (Lipinski definition) is 6. The maximum Gasteiger partial charge on any atom is 0.239 e. The van der Waals surface area contributed by atoms with Crippen molar-refractivity contribution in [3.05, 3.63) is 18.2 Å². The fourth-order valence-electron chi connectivity index (χ4n) is 3.08. The molecule has 9 heteroatoms. The van der Waals surface area contributed by atoms with E-state index >= 15 is 0 Å². The molecular weight excluding hydrogens is 374 g/mol. The topological polar surface area (TPSA) is 89.1 Å². The van der Waals surface area contributed by atoms with Gasteiger partial charge in [-0.25, -0.2) is 0 Å². The second kappa shape index (κ2) is 10.3. The molecule has 1 unspecified atom stereocenters. The van der Waals surface area contributed by atoms with Gasteiger partial charge in [-0.15, -0.1) is 12.4 Å². The van der Waals surface area contributed by atoms with E-state index in [0.717, 1.165) is 12.2 Å². The summed E-state index contributed by atoms with van der Waals surface area (Å²) in [6.45, 7) is 4.01. The summed E-state index contributed by atoms with van der Waals surface area (Å²) in [7, 11) is 1.64. The Bertz CT molecular complexity index is 658. The summed E-state index contributed by atoms with van der Waals surface area (Å²) in [4.78, 5) is 26.6.